The highest BCUT2D eigenvalue weighted by Gasteiger charge is 2.26. The van der Waals surface area contributed by atoms with Gasteiger partial charge >= 0.3 is 0 Å². The van der Waals surface area contributed by atoms with Crippen molar-refractivity contribution in [2.24, 2.45) is 5.73 Å². The molecule has 1 saturated heterocycles. The zero-order valence-corrected chi connectivity index (χ0v) is 9.84. The molecular formula is C13H18N2O2. The van der Waals surface area contributed by atoms with Gasteiger partial charge in [0.15, 0.2) is 11.5 Å². The van der Waals surface area contributed by atoms with Gasteiger partial charge in [-0.1, -0.05) is 12.1 Å². The van der Waals surface area contributed by atoms with Crippen molar-refractivity contribution >= 4 is 0 Å². The molecule has 0 saturated carbocycles. The Balaban J connectivity index is 1.61. The molecule has 0 amide bonds. The number of nitrogens with zero attached hydrogens (tertiary/aromatic N) is 1. The third-order valence-electron chi connectivity index (χ3n) is 3.34. The Morgan fingerprint density at radius 1 is 1.29 bits per heavy atom. The van der Waals surface area contributed by atoms with Crippen molar-refractivity contribution in [2.45, 2.75) is 18.6 Å². The molecule has 1 unspecified atom stereocenters. The van der Waals surface area contributed by atoms with E-state index in [1.807, 2.05) is 24.3 Å². The van der Waals surface area contributed by atoms with Gasteiger partial charge in [0.05, 0.1) is 0 Å². The van der Waals surface area contributed by atoms with Crippen LogP contribution < -0.4 is 15.2 Å². The van der Waals surface area contributed by atoms with Crippen molar-refractivity contribution in [1.29, 1.82) is 0 Å². The van der Waals surface area contributed by atoms with Crippen LogP contribution in [-0.4, -0.2) is 43.3 Å². The van der Waals surface area contributed by atoms with Gasteiger partial charge in [0.2, 0.25) is 0 Å². The molecule has 2 aliphatic heterocycles. The van der Waals surface area contributed by atoms with Crippen LogP contribution in [0.1, 0.15) is 6.42 Å². The zero-order chi connectivity index (χ0) is 11.7. The van der Waals surface area contributed by atoms with Gasteiger partial charge < -0.3 is 15.2 Å². The smallest absolute Gasteiger partial charge is 0.161 e. The summed E-state index contributed by atoms with van der Waals surface area (Å²) in [5.74, 6) is 1.70. The maximum Gasteiger partial charge on any atom is 0.161 e. The average molecular weight is 234 g/mol. The highest BCUT2D eigenvalue weighted by Crippen LogP contribution is 2.31. The summed E-state index contributed by atoms with van der Waals surface area (Å²) in [4.78, 5) is 2.35. The number of hydrogen-bond donors (Lipinski definition) is 1. The largest absolute Gasteiger partial charge is 0.486 e. The van der Waals surface area contributed by atoms with Crippen LogP contribution in [0, 0.1) is 0 Å². The van der Waals surface area contributed by atoms with E-state index in [1.54, 1.807) is 0 Å². The molecule has 2 heterocycles. The van der Waals surface area contributed by atoms with Crippen LogP contribution in [0.15, 0.2) is 24.3 Å². The predicted molar refractivity (Wildman–Crippen MR) is 65.4 cm³/mol. The summed E-state index contributed by atoms with van der Waals surface area (Å²) in [6.07, 6.45) is 1.21. The molecule has 2 atom stereocenters. The van der Waals surface area contributed by atoms with Crippen molar-refractivity contribution in [2.75, 3.05) is 26.2 Å². The zero-order valence-electron chi connectivity index (χ0n) is 9.84. The van der Waals surface area contributed by atoms with Crippen molar-refractivity contribution < 1.29 is 9.47 Å². The van der Waals surface area contributed by atoms with Crippen molar-refractivity contribution in [3.05, 3.63) is 24.3 Å². The SMILES string of the molecule is N[C@@H]1CCN(CC2COc3ccccc3O2)C1. The number of benzene rings is 1. The molecule has 4 nitrogen and oxygen atoms in total. The van der Waals surface area contributed by atoms with Crippen LogP contribution in [0.4, 0.5) is 0 Å². The number of rotatable bonds is 2. The van der Waals surface area contributed by atoms with E-state index in [2.05, 4.69) is 4.90 Å². The van der Waals surface area contributed by atoms with E-state index in [4.69, 9.17) is 15.2 Å². The van der Waals surface area contributed by atoms with Crippen LogP contribution in [0.25, 0.3) is 0 Å². The van der Waals surface area contributed by atoms with E-state index >= 15 is 0 Å². The molecule has 0 spiro atoms. The number of likely N-dealkylation sites (tertiary alicyclic amines) is 1. The second-order valence-electron chi connectivity index (χ2n) is 4.81. The predicted octanol–water partition coefficient (Wildman–Crippen LogP) is 0.859. The number of fused-ring (bicyclic) bond motifs is 1. The van der Waals surface area contributed by atoms with Gasteiger partial charge in [0, 0.05) is 19.1 Å². The first kappa shape index (κ1) is 10.9. The molecule has 0 bridgehead atoms. The lowest BCUT2D eigenvalue weighted by Crippen LogP contribution is -2.40. The molecule has 3 rings (SSSR count). The van der Waals surface area contributed by atoms with Crippen molar-refractivity contribution in [3.63, 3.8) is 0 Å². The molecule has 2 N–H and O–H groups in total. The van der Waals surface area contributed by atoms with Gasteiger partial charge in [-0.15, -0.1) is 0 Å². The number of hydrogen-bond acceptors (Lipinski definition) is 4. The summed E-state index contributed by atoms with van der Waals surface area (Å²) in [5, 5.41) is 0. The summed E-state index contributed by atoms with van der Waals surface area (Å²) in [6.45, 7) is 3.58. The molecular weight excluding hydrogens is 216 g/mol. The second-order valence-corrected chi connectivity index (χ2v) is 4.81. The highest BCUT2D eigenvalue weighted by molar-refractivity contribution is 5.40. The summed E-state index contributed by atoms with van der Waals surface area (Å²) in [6, 6.07) is 8.15. The molecule has 2 aliphatic rings. The number of nitrogens with two attached hydrogens (primary N) is 1. The van der Waals surface area contributed by atoms with Crippen LogP contribution in [-0.2, 0) is 0 Å². The quantitative estimate of drug-likeness (QED) is 0.824. The minimum atomic E-state index is 0.121. The monoisotopic (exact) mass is 234 g/mol. The summed E-state index contributed by atoms with van der Waals surface area (Å²) < 4.78 is 11.6. The molecule has 0 aromatic heterocycles. The average Bonchev–Trinajstić information content (AvgIpc) is 2.75. The Bertz CT molecular complexity index is 397. The van der Waals surface area contributed by atoms with Crippen molar-refractivity contribution in [3.8, 4) is 11.5 Å². The number of para-hydroxylation sites is 2. The Labute approximate surface area is 101 Å². The lowest BCUT2D eigenvalue weighted by atomic mass is 10.2. The van der Waals surface area contributed by atoms with E-state index < -0.39 is 0 Å². The Kier molecular flexibility index (Phi) is 2.91. The standard InChI is InChI=1S/C13H18N2O2/c14-10-5-6-15(7-10)8-11-9-16-12-3-1-2-4-13(12)17-11/h1-4,10-11H,5-9,14H2/t10-,11?/m1/s1. The lowest BCUT2D eigenvalue weighted by molar-refractivity contribution is 0.0647. The fraction of sp³-hybridized carbons (Fsp3) is 0.538. The van der Waals surface area contributed by atoms with Gasteiger partial charge in [0.1, 0.15) is 12.7 Å². The maximum atomic E-state index is 5.92. The van der Waals surface area contributed by atoms with Gasteiger partial charge in [0.25, 0.3) is 0 Å². The van der Waals surface area contributed by atoms with Gasteiger partial charge in [-0.25, -0.2) is 0 Å². The van der Waals surface area contributed by atoms with Crippen LogP contribution in [0.5, 0.6) is 11.5 Å². The summed E-state index contributed by atoms with van der Waals surface area (Å²) >= 11 is 0. The highest BCUT2D eigenvalue weighted by atomic mass is 16.6. The molecule has 1 aromatic rings. The normalized spacial score (nSPS) is 28.3. The second kappa shape index (κ2) is 4.55. The topological polar surface area (TPSA) is 47.7 Å². The van der Waals surface area contributed by atoms with Gasteiger partial charge in [-0.3, -0.25) is 4.90 Å². The summed E-state index contributed by atoms with van der Waals surface area (Å²) in [5.41, 5.74) is 5.89. The maximum absolute atomic E-state index is 5.92. The first-order chi connectivity index (χ1) is 8.31. The first-order valence-electron chi connectivity index (χ1n) is 6.17. The van der Waals surface area contributed by atoms with Crippen LogP contribution >= 0.6 is 0 Å². The Morgan fingerprint density at radius 2 is 2.12 bits per heavy atom. The lowest BCUT2D eigenvalue weighted by Gasteiger charge is -2.29. The fourth-order valence-corrected chi connectivity index (χ4v) is 2.47. The summed E-state index contributed by atoms with van der Waals surface area (Å²) in [7, 11) is 0. The third-order valence-corrected chi connectivity index (χ3v) is 3.34. The Hall–Kier alpha value is -1.26. The fourth-order valence-electron chi connectivity index (χ4n) is 2.47. The molecule has 4 heteroatoms. The van der Waals surface area contributed by atoms with E-state index in [9.17, 15) is 0 Å². The molecule has 1 aromatic carbocycles. The molecule has 17 heavy (non-hydrogen) atoms. The van der Waals surface area contributed by atoms with Crippen LogP contribution in [0.2, 0.25) is 0 Å². The molecule has 0 aliphatic carbocycles. The minimum Gasteiger partial charge on any atom is -0.486 e. The van der Waals surface area contributed by atoms with Crippen molar-refractivity contribution in [1.82, 2.24) is 4.90 Å². The Morgan fingerprint density at radius 3 is 2.88 bits per heavy atom. The van der Waals surface area contributed by atoms with E-state index in [0.717, 1.165) is 37.6 Å². The van der Waals surface area contributed by atoms with Gasteiger partial charge in [-0.05, 0) is 25.1 Å². The third kappa shape index (κ3) is 2.37. The first-order valence-corrected chi connectivity index (χ1v) is 6.17. The minimum absolute atomic E-state index is 0.121. The molecule has 92 valence electrons. The van der Waals surface area contributed by atoms with E-state index in [1.165, 1.54) is 0 Å². The number of ether oxygens (including phenoxy) is 2. The van der Waals surface area contributed by atoms with E-state index in [0.29, 0.717) is 12.6 Å². The van der Waals surface area contributed by atoms with Gasteiger partial charge in [-0.2, -0.15) is 0 Å². The van der Waals surface area contributed by atoms with E-state index in [-0.39, 0.29) is 6.10 Å². The molecule has 0 radical (unpaired) electrons. The van der Waals surface area contributed by atoms with Crippen LogP contribution in [0.3, 0.4) is 0 Å². The molecule has 1 fully saturated rings.